The molecule has 0 aromatic carbocycles. The van der Waals surface area contributed by atoms with E-state index in [1.54, 1.807) is 0 Å². The van der Waals surface area contributed by atoms with Crippen molar-refractivity contribution in [3.63, 3.8) is 0 Å². The Morgan fingerprint density at radius 3 is 2.68 bits per heavy atom. The predicted octanol–water partition coefficient (Wildman–Crippen LogP) is 2.13. The number of carboxylic acid groups (broad SMARTS) is 1. The molecule has 6 nitrogen and oxygen atoms in total. The van der Waals surface area contributed by atoms with Crippen LogP contribution in [0.1, 0.15) is 45.4 Å². The van der Waals surface area contributed by atoms with E-state index in [1.807, 2.05) is 18.7 Å². The lowest BCUT2D eigenvalue weighted by atomic mass is 9.96. The number of hydrogen-bond acceptors (Lipinski definition) is 5. The molecule has 106 valence electrons. The van der Waals surface area contributed by atoms with Crippen LogP contribution in [-0.4, -0.2) is 34.3 Å². The number of rotatable bonds is 5. The van der Waals surface area contributed by atoms with Crippen LogP contribution in [0.25, 0.3) is 0 Å². The molecule has 1 aromatic heterocycles. The first-order chi connectivity index (χ1) is 9.06. The highest BCUT2D eigenvalue weighted by molar-refractivity contribution is 5.71. The highest BCUT2D eigenvalue weighted by atomic mass is 16.5. The average Bonchev–Trinajstić information content (AvgIpc) is 2.97. The van der Waals surface area contributed by atoms with Crippen molar-refractivity contribution in [3.05, 3.63) is 5.89 Å². The molecule has 0 radical (unpaired) electrons. The standard InChI is InChI=1S/C13H21N3O3/c1-4-16(5-2)13-14-11(19-15-13)9-6-8(3)7-10(9)12(17)18/h8-10H,4-7H2,1-3H3,(H,17,18). The molecule has 19 heavy (non-hydrogen) atoms. The SMILES string of the molecule is CCN(CC)c1noc(C2CC(C)CC2C(=O)O)n1. The largest absolute Gasteiger partial charge is 0.481 e. The molecule has 2 rings (SSSR count). The van der Waals surface area contributed by atoms with Gasteiger partial charge in [0.05, 0.1) is 11.8 Å². The van der Waals surface area contributed by atoms with Gasteiger partial charge in [0, 0.05) is 13.1 Å². The Hall–Kier alpha value is -1.59. The zero-order valence-corrected chi connectivity index (χ0v) is 11.7. The molecule has 1 aromatic rings. The van der Waals surface area contributed by atoms with Gasteiger partial charge in [-0.25, -0.2) is 0 Å². The normalized spacial score (nSPS) is 26.6. The van der Waals surface area contributed by atoms with Gasteiger partial charge in [0.1, 0.15) is 0 Å². The van der Waals surface area contributed by atoms with Gasteiger partial charge in [-0.2, -0.15) is 4.98 Å². The lowest BCUT2D eigenvalue weighted by Crippen LogP contribution is -2.23. The summed E-state index contributed by atoms with van der Waals surface area (Å²) in [5.74, 6) is 0.0958. The second-order valence-corrected chi connectivity index (χ2v) is 5.23. The van der Waals surface area contributed by atoms with Crippen LogP contribution in [0.3, 0.4) is 0 Å². The summed E-state index contributed by atoms with van der Waals surface area (Å²) in [6.45, 7) is 7.73. The van der Waals surface area contributed by atoms with Crippen molar-refractivity contribution in [3.8, 4) is 0 Å². The summed E-state index contributed by atoms with van der Waals surface area (Å²) >= 11 is 0. The summed E-state index contributed by atoms with van der Waals surface area (Å²) < 4.78 is 5.30. The Kier molecular flexibility index (Phi) is 4.07. The van der Waals surface area contributed by atoms with E-state index < -0.39 is 11.9 Å². The van der Waals surface area contributed by atoms with Crippen molar-refractivity contribution < 1.29 is 14.4 Å². The molecule has 0 bridgehead atoms. The molecule has 3 atom stereocenters. The van der Waals surface area contributed by atoms with E-state index in [1.165, 1.54) is 0 Å². The quantitative estimate of drug-likeness (QED) is 0.880. The first-order valence-corrected chi connectivity index (χ1v) is 6.88. The molecule has 1 fully saturated rings. The van der Waals surface area contributed by atoms with Gasteiger partial charge in [0.2, 0.25) is 5.89 Å². The van der Waals surface area contributed by atoms with E-state index in [0.717, 1.165) is 19.5 Å². The highest BCUT2D eigenvalue weighted by Gasteiger charge is 2.41. The lowest BCUT2D eigenvalue weighted by Gasteiger charge is -2.14. The maximum absolute atomic E-state index is 11.3. The number of nitrogens with zero attached hydrogens (tertiary/aromatic N) is 3. The van der Waals surface area contributed by atoms with Crippen molar-refractivity contribution >= 4 is 11.9 Å². The second kappa shape index (κ2) is 5.59. The van der Waals surface area contributed by atoms with Gasteiger partial charge in [0.25, 0.3) is 5.95 Å². The molecule has 1 N–H and O–H groups in total. The van der Waals surface area contributed by atoms with Crippen LogP contribution in [0.5, 0.6) is 0 Å². The Morgan fingerprint density at radius 1 is 1.42 bits per heavy atom. The van der Waals surface area contributed by atoms with Crippen LogP contribution >= 0.6 is 0 Å². The van der Waals surface area contributed by atoms with Gasteiger partial charge < -0.3 is 14.5 Å². The molecule has 0 amide bonds. The smallest absolute Gasteiger partial charge is 0.307 e. The molecule has 0 saturated heterocycles. The first-order valence-electron chi connectivity index (χ1n) is 6.88. The molecule has 1 heterocycles. The van der Waals surface area contributed by atoms with Gasteiger partial charge >= 0.3 is 5.97 Å². The van der Waals surface area contributed by atoms with Gasteiger partial charge in [-0.15, -0.1) is 0 Å². The van der Waals surface area contributed by atoms with E-state index in [2.05, 4.69) is 17.1 Å². The van der Waals surface area contributed by atoms with Crippen molar-refractivity contribution in [2.45, 2.75) is 39.5 Å². The van der Waals surface area contributed by atoms with E-state index in [9.17, 15) is 9.90 Å². The summed E-state index contributed by atoms with van der Waals surface area (Å²) in [7, 11) is 0. The second-order valence-electron chi connectivity index (χ2n) is 5.23. The molecular weight excluding hydrogens is 246 g/mol. The van der Waals surface area contributed by atoms with Crippen molar-refractivity contribution in [2.24, 2.45) is 11.8 Å². The monoisotopic (exact) mass is 267 g/mol. The molecule has 1 aliphatic carbocycles. The Morgan fingerprint density at radius 2 is 2.11 bits per heavy atom. The number of carboxylic acids is 1. The first kappa shape index (κ1) is 13.8. The maximum atomic E-state index is 11.3. The third kappa shape index (κ3) is 2.72. The Bertz CT molecular complexity index is 442. The number of carbonyl (C=O) groups is 1. The summed E-state index contributed by atoms with van der Waals surface area (Å²) in [4.78, 5) is 17.7. The minimum Gasteiger partial charge on any atom is -0.481 e. The maximum Gasteiger partial charge on any atom is 0.307 e. The van der Waals surface area contributed by atoms with Gasteiger partial charge in [0.15, 0.2) is 0 Å². The third-order valence-corrected chi connectivity index (χ3v) is 3.91. The molecule has 6 heteroatoms. The fourth-order valence-corrected chi connectivity index (χ4v) is 2.85. The summed E-state index contributed by atoms with van der Waals surface area (Å²) in [5, 5.41) is 13.2. The molecular formula is C13H21N3O3. The van der Waals surface area contributed by atoms with Crippen molar-refractivity contribution in [1.82, 2.24) is 10.1 Å². The average molecular weight is 267 g/mol. The minimum absolute atomic E-state index is 0.149. The molecule has 0 aliphatic heterocycles. The fraction of sp³-hybridized carbons (Fsp3) is 0.769. The number of hydrogen-bond donors (Lipinski definition) is 1. The van der Waals surface area contributed by atoms with Crippen LogP contribution in [0.15, 0.2) is 4.52 Å². The zero-order chi connectivity index (χ0) is 14.0. The predicted molar refractivity (Wildman–Crippen MR) is 70.1 cm³/mol. The van der Waals surface area contributed by atoms with E-state index >= 15 is 0 Å². The summed E-state index contributed by atoms with van der Waals surface area (Å²) in [6.07, 6.45) is 1.49. The van der Waals surface area contributed by atoms with E-state index in [-0.39, 0.29) is 5.92 Å². The lowest BCUT2D eigenvalue weighted by molar-refractivity contribution is -0.142. The van der Waals surface area contributed by atoms with Crippen molar-refractivity contribution in [2.75, 3.05) is 18.0 Å². The Labute approximate surface area is 112 Å². The third-order valence-electron chi connectivity index (χ3n) is 3.91. The number of anilines is 1. The van der Waals surface area contributed by atoms with E-state index in [4.69, 9.17) is 4.52 Å². The van der Waals surface area contributed by atoms with Gasteiger partial charge in [-0.3, -0.25) is 4.79 Å². The topological polar surface area (TPSA) is 79.5 Å². The molecule has 0 spiro atoms. The molecule has 1 aliphatic rings. The Balaban J connectivity index is 2.19. The number of aliphatic carboxylic acids is 1. The van der Waals surface area contributed by atoms with Crippen LogP contribution in [0.4, 0.5) is 5.95 Å². The molecule has 3 unspecified atom stereocenters. The van der Waals surface area contributed by atoms with Gasteiger partial charge in [-0.05, 0) is 37.8 Å². The van der Waals surface area contributed by atoms with Gasteiger partial charge in [-0.1, -0.05) is 6.92 Å². The van der Waals surface area contributed by atoms with Crippen LogP contribution in [0.2, 0.25) is 0 Å². The van der Waals surface area contributed by atoms with Crippen LogP contribution in [-0.2, 0) is 4.79 Å². The van der Waals surface area contributed by atoms with Crippen molar-refractivity contribution in [1.29, 1.82) is 0 Å². The number of aromatic nitrogens is 2. The van der Waals surface area contributed by atoms with Crippen LogP contribution < -0.4 is 4.90 Å². The zero-order valence-electron chi connectivity index (χ0n) is 11.7. The van der Waals surface area contributed by atoms with E-state index in [0.29, 0.717) is 24.2 Å². The molecule has 1 saturated carbocycles. The highest BCUT2D eigenvalue weighted by Crippen LogP contribution is 2.42. The minimum atomic E-state index is -0.767. The summed E-state index contributed by atoms with van der Waals surface area (Å²) in [6, 6.07) is 0. The summed E-state index contributed by atoms with van der Waals surface area (Å²) in [5.41, 5.74) is 0. The fourth-order valence-electron chi connectivity index (χ4n) is 2.85. The van der Waals surface area contributed by atoms with Crippen LogP contribution in [0, 0.1) is 11.8 Å².